The van der Waals surface area contributed by atoms with Crippen LogP contribution >= 0.6 is 22.9 Å². The molecule has 2 aromatic carbocycles. The molecule has 1 amide bonds. The van der Waals surface area contributed by atoms with Gasteiger partial charge in [0.1, 0.15) is 5.82 Å². The minimum Gasteiger partial charge on any atom is -0.302 e. The third-order valence-corrected chi connectivity index (χ3v) is 8.07. The lowest BCUT2D eigenvalue weighted by Gasteiger charge is -2.30. The van der Waals surface area contributed by atoms with E-state index in [1.165, 1.54) is 27.8 Å². The molecule has 31 heavy (non-hydrogen) atoms. The van der Waals surface area contributed by atoms with Gasteiger partial charge < -0.3 is 5.32 Å². The molecule has 1 aromatic heterocycles. The summed E-state index contributed by atoms with van der Waals surface area (Å²) in [5.41, 5.74) is 1.65. The van der Waals surface area contributed by atoms with Crippen molar-refractivity contribution >= 4 is 44.0 Å². The van der Waals surface area contributed by atoms with Gasteiger partial charge in [0.15, 0.2) is 5.13 Å². The molecule has 1 aliphatic heterocycles. The first-order chi connectivity index (χ1) is 14.8. The van der Waals surface area contributed by atoms with Crippen molar-refractivity contribution in [1.82, 2.24) is 9.29 Å². The minimum atomic E-state index is -3.70. The number of nitrogens with zero attached hydrogens (tertiary/aromatic N) is 2. The van der Waals surface area contributed by atoms with Crippen molar-refractivity contribution in [1.29, 1.82) is 0 Å². The Kier molecular flexibility index (Phi) is 6.38. The van der Waals surface area contributed by atoms with Gasteiger partial charge >= 0.3 is 0 Å². The summed E-state index contributed by atoms with van der Waals surface area (Å²) in [7, 11) is -3.70. The van der Waals surface area contributed by atoms with Crippen LogP contribution in [-0.2, 0) is 14.8 Å². The molecule has 4 rings (SSSR count). The number of piperidine rings is 1. The summed E-state index contributed by atoms with van der Waals surface area (Å²) in [5, 5.41) is 5.83. The van der Waals surface area contributed by atoms with Crippen molar-refractivity contribution in [2.24, 2.45) is 5.92 Å². The van der Waals surface area contributed by atoms with E-state index in [0.717, 1.165) is 23.4 Å². The fourth-order valence-electron chi connectivity index (χ4n) is 3.41. The standard InChI is InChI=1S/C21H19ClFN3O3S2/c22-16-3-1-14(2-4-16)19-13-30-21(24-19)25-20(27)15-9-11-26(12-10-15)31(28,29)18-7-5-17(23)6-8-18/h1-8,13,15H,9-12H2,(H,24,25,27). The van der Waals surface area contributed by atoms with Gasteiger partial charge in [0, 0.05) is 35.0 Å². The Morgan fingerprint density at radius 1 is 1.10 bits per heavy atom. The Morgan fingerprint density at radius 3 is 2.39 bits per heavy atom. The predicted octanol–water partition coefficient (Wildman–Crippen LogP) is 4.64. The van der Waals surface area contributed by atoms with Crippen LogP contribution in [-0.4, -0.2) is 36.7 Å². The molecule has 0 radical (unpaired) electrons. The van der Waals surface area contributed by atoms with Crippen molar-refractivity contribution < 1.29 is 17.6 Å². The lowest BCUT2D eigenvalue weighted by Crippen LogP contribution is -2.41. The summed E-state index contributed by atoms with van der Waals surface area (Å²) in [5.74, 6) is -0.964. The number of halogens is 2. The Labute approximate surface area is 188 Å². The summed E-state index contributed by atoms with van der Waals surface area (Å²) in [6, 6.07) is 12.0. The summed E-state index contributed by atoms with van der Waals surface area (Å²) in [6.07, 6.45) is 0.809. The van der Waals surface area contributed by atoms with E-state index in [1.807, 2.05) is 17.5 Å². The van der Waals surface area contributed by atoms with E-state index in [1.54, 1.807) is 12.1 Å². The average Bonchev–Trinajstić information content (AvgIpc) is 3.23. The number of amides is 1. The van der Waals surface area contributed by atoms with Crippen LogP contribution < -0.4 is 5.32 Å². The van der Waals surface area contributed by atoms with E-state index >= 15 is 0 Å². The van der Waals surface area contributed by atoms with Crippen molar-refractivity contribution in [3.8, 4) is 11.3 Å². The molecule has 0 saturated carbocycles. The van der Waals surface area contributed by atoms with Gasteiger partial charge in [-0.15, -0.1) is 11.3 Å². The van der Waals surface area contributed by atoms with E-state index in [9.17, 15) is 17.6 Å². The van der Waals surface area contributed by atoms with E-state index in [4.69, 9.17) is 11.6 Å². The molecule has 1 fully saturated rings. The van der Waals surface area contributed by atoms with Gasteiger partial charge in [-0.1, -0.05) is 23.7 Å². The SMILES string of the molecule is O=C(Nc1nc(-c2ccc(Cl)cc2)cs1)C1CCN(S(=O)(=O)c2ccc(F)cc2)CC1. The molecule has 0 aliphatic carbocycles. The Hall–Kier alpha value is -2.33. The monoisotopic (exact) mass is 479 g/mol. The van der Waals surface area contributed by atoms with Crippen LogP contribution in [0.2, 0.25) is 5.02 Å². The van der Waals surface area contributed by atoms with Crippen LogP contribution in [0.25, 0.3) is 11.3 Å². The zero-order valence-corrected chi connectivity index (χ0v) is 18.7. The molecular formula is C21H19ClFN3O3S2. The highest BCUT2D eigenvalue weighted by Crippen LogP contribution is 2.28. The van der Waals surface area contributed by atoms with Gasteiger partial charge in [-0.25, -0.2) is 17.8 Å². The van der Waals surface area contributed by atoms with Crippen LogP contribution in [0.3, 0.4) is 0 Å². The van der Waals surface area contributed by atoms with Crippen LogP contribution in [0.5, 0.6) is 0 Å². The van der Waals surface area contributed by atoms with Crippen molar-refractivity contribution in [2.75, 3.05) is 18.4 Å². The second kappa shape index (κ2) is 9.04. The fourth-order valence-corrected chi connectivity index (χ4v) is 5.72. The Morgan fingerprint density at radius 2 is 1.74 bits per heavy atom. The largest absolute Gasteiger partial charge is 0.302 e. The van der Waals surface area contributed by atoms with Gasteiger partial charge in [0.25, 0.3) is 0 Å². The molecule has 3 aromatic rings. The first-order valence-corrected chi connectivity index (χ1v) is 12.3. The van der Waals surface area contributed by atoms with Gasteiger partial charge in [-0.05, 0) is 49.2 Å². The number of aromatic nitrogens is 1. The molecular weight excluding hydrogens is 461 g/mol. The smallest absolute Gasteiger partial charge is 0.243 e. The molecule has 0 bridgehead atoms. The van der Waals surface area contributed by atoms with Crippen molar-refractivity contribution in [3.05, 3.63) is 64.8 Å². The Bertz CT molecular complexity index is 1170. The molecule has 10 heteroatoms. The van der Waals surface area contributed by atoms with E-state index in [-0.39, 0.29) is 29.8 Å². The number of hydrogen-bond donors (Lipinski definition) is 1. The van der Waals surface area contributed by atoms with E-state index < -0.39 is 15.8 Å². The molecule has 1 N–H and O–H groups in total. The first kappa shape index (κ1) is 21.9. The van der Waals surface area contributed by atoms with E-state index in [0.29, 0.717) is 23.0 Å². The number of carbonyl (C=O) groups excluding carboxylic acids is 1. The molecule has 0 spiro atoms. The predicted molar refractivity (Wildman–Crippen MR) is 119 cm³/mol. The molecule has 0 atom stereocenters. The number of anilines is 1. The lowest BCUT2D eigenvalue weighted by atomic mass is 9.97. The maximum absolute atomic E-state index is 13.1. The van der Waals surface area contributed by atoms with Gasteiger partial charge in [-0.2, -0.15) is 4.31 Å². The number of nitrogens with one attached hydrogen (secondary N) is 1. The van der Waals surface area contributed by atoms with Crippen molar-refractivity contribution in [3.63, 3.8) is 0 Å². The second-order valence-corrected chi connectivity index (χ2v) is 10.4. The van der Waals surface area contributed by atoms with Crippen LogP contribution in [0, 0.1) is 11.7 Å². The first-order valence-electron chi connectivity index (χ1n) is 9.61. The molecule has 162 valence electrons. The zero-order chi connectivity index (χ0) is 22.0. The number of sulfonamides is 1. The highest BCUT2D eigenvalue weighted by molar-refractivity contribution is 7.89. The summed E-state index contributed by atoms with van der Waals surface area (Å²) in [6.45, 7) is 0.456. The number of carbonyl (C=O) groups is 1. The normalized spacial score (nSPS) is 15.7. The number of rotatable bonds is 5. The van der Waals surface area contributed by atoms with Crippen molar-refractivity contribution in [2.45, 2.75) is 17.7 Å². The second-order valence-electron chi connectivity index (χ2n) is 7.17. The van der Waals surface area contributed by atoms with Crippen LogP contribution in [0.15, 0.2) is 58.8 Å². The molecule has 6 nitrogen and oxygen atoms in total. The molecule has 0 unspecified atom stereocenters. The fraction of sp³-hybridized carbons (Fsp3) is 0.238. The van der Waals surface area contributed by atoms with Crippen LogP contribution in [0.4, 0.5) is 9.52 Å². The maximum Gasteiger partial charge on any atom is 0.243 e. The highest BCUT2D eigenvalue weighted by Gasteiger charge is 2.32. The van der Waals surface area contributed by atoms with E-state index in [2.05, 4.69) is 10.3 Å². The zero-order valence-electron chi connectivity index (χ0n) is 16.3. The third-order valence-electron chi connectivity index (χ3n) is 5.15. The number of hydrogen-bond acceptors (Lipinski definition) is 5. The molecule has 1 saturated heterocycles. The lowest BCUT2D eigenvalue weighted by molar-refractivity contribution is -0.120. The third kappa shape index (κ3) is 4.95. The summed E-state index contributed by atoms with van der Waals surface area (Å²) in [4.78, 5) is 17.2. The van der Waals surface area contributed by atoms with Gasteiger partial charge in [0.05, 0.1) is 10.6 Å². The topological polar surface area (TPSA) is 79.4 Å². The maximum atomic E-state index is 13.1. The van der Waals surface area contributed by atoms with Crippen LogP contribution in [0.1, 0.15) is 12.8 Å². The molecule has 1 aliphatic rings. The quantitative estimate of drug-likeness (QED) is 0.578. The number of benzene rings is 2. The highest BCUT2D eigenvalue weighted by atomic mass is 35.5. The average molecular weight is 480 g/mol. The minimum absolute atomic E-state index is 0.0503. The van der Waals surface area contributed by atoms with Gasteiger partial charge in [0.2, 0.25) is 15.9 Å². The molecule has 2 heterocycles. The summed E-state index contributed by atoms with van der Waals surface area (Å²) < 4.78 is 39.8. The van der Waals surface area contributed by atoms with Gasteiger partial charge in [-0.3, -0.25) is 4.79 Å². The number of thiazole rings is 1. The Balaban J connectivity index is 1.35. The summed E-state index contributed by atoms with van der Waals surface area (Å²) >= 11 is 7.24.